The summed E-state index contributed by atoms with van der Waals surface area (Å²) in [6, 6.07) is 4.14. The van der Waals surface area contributed by atoms with Crippen LogP contribution in [0.3, 0.4) is 0 Å². The molecule has 28 heavy (non-hydrogen) atoms. The van der Waals surface area contributed by atoms with Gasteiger partial charge in [0.15, 0.2) is 12.4 Å². The lowest BCUT2D eigenvalue weighted by Gasteiger charge is -2.11. The third kappa shape index (κ3) is 7.47. The van der Waals surface area contributed by atoms with Crippen LogP contribution in [-0.2, 0) is 9.59 Å². The van der Waals surface area contributed by atoms with Gasteiger partial charge >= 0.3 is 6.18 Å². The molecule has 2 heterocycles. The molecule has 8 nitrogen and oxygen atoms in total. The maximum atomic E-state index is 12.1. The van der Waals surface area contributed by atoms with Crippen molar-refractivity contribution in [1.29, 1.82) is 0 Å². The number of carbonyl (C=O) groups excluding carboxylic acids is 2. The van der Waals surface area contributed by atoms with Crippen molar-refractivity contribution in [2.45, 2.75) is 25.3 Å². The average Bonchev–Trinajstić information content (AvgIpc) is 3.03. The van der Waals surface area contributed by atoms with Crippen LogP contribution in [0.15, 0.2) is 28.9 Å². The molecule has 0 saturated carbocycles. The fraction of sp³-hybridized carbons (Fsp3) is 0.375. The monoisotopic (exact) mass is 418 g/mol. The van der Waals surface area contributed by atoms with Crippen LogP contribution in [0.5, 0.6) is 5.88 Å². The molecule has 0 aliphatic carbocycles. The summed E-state index contributed by atoms with van der Waals surface area (Å²) in [5.41, 5.74) is 0.292. The molecule has 0 aromatic carbocycles. The second kappa shape index (κ2) is 9.44. The van der Waals surface area contributed by atoms with Crippen LogP contribution in [0.4, 0.5) is 24.7 Å². The first-order chi connectivity index (χ1) is 13.1. The molecule has 2 aromatic heterocycles. The molecule has 0 saturated heterocycles. The summed E-state index contributed by atoms with van der Waals surface area (Å²) >= 11 is 1.10. The highest BCUT2D eigenvalue weighted by molar-refractivity contribution is 8.01. The quantitative estimate of drug-likeness (QED) is 0.679. The Labute approximate surface area is 162 Å². The number of pyridine rings is 1. The van der Waals surface area contributed by atoms with Gasteiger partial charge in [-0.2, -0.15) is 13.2 Å². The number of ether oxygens (including phenoxy) is 1. The third-order valence-corrected chi connectivity index (χ3v) is 4.26. The van der Waals surface area contributed by atoms with Crippen molar-refractivity contribution in [2.24, 2.45) is 0 Å². The number of hydrogen-bond acceptors (Lipinski definition) is 7. The van der Waals surface area contributed by atoms with E-state index in [0.29, 0.717) is 17.3 Å². The Morgan fingerprint density at radius 2 is 2.07 bits per heavy atom. The average molecular weight is 418 g/mol. The first kappa shape index (κ1) is 21.5. The first-order valence-corrected chi connectivity index (χ1v) is 8.98. The molecule has 0 aliphatic heterocycles. The third-order valence-electron chi connectivity index (χ3n) is 3.12. The fourth-order valence-electron chi connectivity index (χ4n) is 1.82. The number of anilines is 2. The van der Waals surface area contributed by atoms with Crippen molar-refractivity contribution in [3.05, 3.63) is 30.2 Å². The van der Waals surface area contributed by atoms with Gasteiger partial charge in [-0.3, -0.25) is 9.59 Å². The van der Waals surface area contributed by atoms with E-state index in [0.717, 1.165) is 11.8 Å². The summed E-state index contributed by atoms with van der Waals surface area (Å²) in [6.45, 7) is 1.87. The summed E-state index contributed by atoms with van der Waals surface area (Å²) in [5, 5.41) is 8.21. The van der Waals surface area contributed by atoms with Gasteiger partial charge < -0.3 is 19.9 Å². The predicted molar refractivity (Wildman–Crippen MR) is 96.2 cm³/mol. The van der Waals surface area contributed by atoms with Crippen molar-refractivity contribution >= 4 is 35.1 Å². The molecule has 2 amide bonds. The first-order valence-electron chi connectivity index (χ1n) is 7.93. The van der Waals surface area contributed by atoms with Crippen LogP contribution in [-0.4, -0.2) is 45.7 Å². The van der Waals surface area contributed by atoms with Crippen molar-refractivity contribution in [3.8, 4) is 5.88 Å². The van der Waals surface area contributed by atoms with Crippen LogP contribution in [0.2, 0.25) is 0 Å². The summed E-state index contributed by atoms with van der Waals surface area (Å²) < 4.78 is 45.5. The lowest BCUT2D eigenvalue weighted by Crippen LogP contribution is -2.25. The van der Waals surface area contributed by atoms with Gasteiger partial charge in [0, 0.05) is 12.1 Å². The zero-order chi connectivity index (χ0) is 20.7. The minimum Gasteiger partial charge on any atom is -0.468 e. The summed E-state index contributed by atoms with van der Waals surface area (Å²) in [4.78, 5) is 27.6. The summed E-state index contributed by atoms with van der Waals surface area (Å²) in [5.74, 6) is -0.111. The highest BCUT2D eigenvalue weighted by atomic mass is 32.2. The number of rotatable bonds is 8. The normalized spacial score (nSPS) is 12.3. The summed E-state index contributed by atoms with van der Waals surface area (Å²) in [7, 11) is 0. The van der Waals surface area contributed by atoms with Gasteiger partial charge in [-0.15, -0.1) is 11.8 Å². The topological polar surface area (TPSA) is 106 Å². The number of aryl methyl sites for hydroxylation is 1. The number of nitrogens with one attached hydrogen (secondary N) is 2. The number of hydrogen-bond donors (Lipinski definition) is 2. The highest BCUT2D eigenvalue weighted by Crippen LogP contribution is 2.19. The van der Waals surface area contributed by atoms with E-state index in [-0.39, 0.29) is 17.5 Å². The Morgan fingerprint density at radius 1 is 1.32 bits per heavy atom. The Balaban J connectivity index is 1.74. The van der Waals surface area contributed by atoms with Crippen LogP contribution < -0.4 is 15.4 Å². The molecule has 0 bridgehead atoms. The van der Waals surface area contributed by atoms with E-state index in [1.807, 2.05) is 0 Å². The van der Waals surface area contributed by atoms with Gasteiger partial charge in [-0.1, -0.05) is 5.16 Å². The SMILES string of the molecule is Cc1cc(NC(=O)C(C)SCC(=O)Nc2ccc(OCC(F)(F)F)nc2)no1. The smallest absolute Gasteiger partial charge is 0.422 e. The van der Waals surface area contributed by atoms with Crippen LogP contribution in [0.1, 0.15) is 12.7 Å². The van der Waals surface area contributed by atoms with E-state index < -0.39 is 23.9 Å². The highest BCUT2D eigenvalue weighted by Gasteiger charge is 2.28. The van der Waals surface area contributed by atoms with Crippen LogP contribution in [0.25, 0.3) is 0 Å². The van der Waals surface area contributed by atoms with E-state index in [1.165, 1.54) is 18.3 Å². The van der Waals surface area contributed by atoms with Gasteiger partial charge in [0.1, 0.15) is 5.76 Å². The molecule has 12 heteroatoms. The fourth-order valence-corrected chi connectivity index (χ4v) is 2.51. The second-order valence-electron chi connectivity index (χ2n) is 5.60. The molecule has 0 aliphatic rings. The molecule has 1 atom stereocenters. The number of aromatic nitrogens is 2. The van der Waals surface area contributed by atoms with Crippen molar-refractivity contribution in [1.82, 2.24) is 10.1 Å². The zero-order valence-corrected chi connectivity index (χ0v) is 15.7. The lowest BCUT2D eigenvalue weighted by atomic mass is 10.4. The second-order valence-corrected chi connectivity index (χ2v) is 6.93. The Morgan fingerprint density at radius 3 is 2.64 bits per heavy atom. The number of thioether (sulfide) groups is 1. The molecule has 0 spiro atoms. The summed E-state index contributed by atoms with van der Waals surface area (Å²) in [6.07, 6.45) is -3.28. The van der Waals surface area contributed by atoms with Gasteiger partial charge in [-0.25, -0.2) is 4.98 Å². The minimum atomic E-state index is -4.46. The van der Waals surface area contributed by atoms with E-state index in [1.54, 1.807) is 19.9 Å². The van der Waals surface area contributed by atoms with Crippen molar-refractivity contribution in [3.63, 3.8) is 0 Å². The van der Waals surface area contributed by atoms with E-state index >= 15 is 0 Å². The van der Waals surface area contributed by atoms with Gasteiger partial charge in [-0.05, 0) is 19.9 Å². The van der Waals surface area contributed by atoms with Crippen molar-refractivity contribution in [2.75, 3.05) is 23.0 Å². The number of amides is 2. The largest absolute Gasteiger partial charge is 0.468 e. The van der Waals surface area contributed by atoms with Crippen molar-refractivity contribution < 1.29 is 32.0 Å². The number of halogens is 3. The molecule has 0 radical (unpaired) electrons. The number of alkyl halides is 3. The van der Waals surface area contributed by atoms with Gasteiger partial charge in [0.25, 0.3) is 0 Å². The molecule has 1 unspecified atom stereocenters. The molecular formula is C16H17F3N4O4S. The molecular weight excluding hydrogens is 401 g/mol. The maximum absolute atomic E-state index is 12.1. The minimum absolute atomic E-state index is 0.0151. The molecule has 0 fully saturated rings. The molecule has 2 N–H and O–H groups in total. The van der Waals surface area contributed by atoms with Crippen LogP contribution in [0, 0.1) is 6.92 Å². The van der Waals surface area contributed by atoms with E-state index in [2.05, 4.69) is 25.5 Å². The van der Waals surface area contributed by atoms with Gasteiger partial charge in [0.05, 0.1) is 22.9 Å². The predicted octanol–water partition coefficient (Wildman–Crippen LogP) is 3.02. The molecule has 2 aromatic rings. The lowest BCUT2D eigenvalue weighted by molar-refractivity contribution is -0.154. The van der Waals surface area contributed by atoms with Crippen LogP contribution >= 0.6 is 11.8 Å². The number of nitrogens with zero attached hydrogens (tertiary/aromatic N) is 2. The zero-order valence-electron chi connectivity index (χ0n) is 14.9. The Hall–Kier alpha value is -2.76. The molecule has 152 valence electrons. The van der Waals surface area contributed by atoms with E-state index in [9.17, 15) is 22.8 Å². The number of carbonyl (C=O) groups is 2. The van der Waals surface area contributed by atoms with Gasteiger partial charge in [0.2, 0.25) is 17.7 Å². The Bertz CT molecular complexity index is 811. The standard InChI is InChI=1S/C16H17F3N4O4S/c1-9-5-12(23-27-9)22-15(25)10(2)28-7-13(24)21-11-3-4-14(20-6-11)26-8-16(17,18)19/h3-6,10H,7-8H2,1-2H3,(H,21,24)(H,22,23,25). The Kier molecular flexibility index (Phi) is 7.26. The maximum Gasteiger partial charge on any atom is 0.422 e. The van der Waals surface area contributed by atoms with E-state index in [4.69, 9.17) is 4.52 Å². The molecule has 2 rings (SSSR count).